The van der Waals surface area contributed by atoms with Gasteiger partial charge < -0.3 is 20.1 Å². The summed E-state index contributed by atoms with van der Waals surface area (Å²) in [5.41, 5.74) is 1.00. The minimum Gasteiger partial charge on any atom is -0.484 e. The number of methoxy groups -OCH3 is 1. The van der Waals surface area contributed by atoms with Gasteiger partial charge in [0.1, 0.15) is 5.75 Å². The number of carbonyl (C=O) groups excluding carboxylic acids is 1. The van der Waals surface area contributed by atoms with Crippen molar-refractivity contribution in [1.82, 2.24) is 5.32 Å². The molecule has 22 heavy (non-hydrogen) atoms. The molecule has 0 atom stereocenters. The molecule has 2 N–H and O–H groups in total. The summed E-state index contributed by atoms with van der Waals surface area (Å²) < 4.78 is 45.8. The van der Waals surface area contributed by atoms with Crippen LogP contribution in [0, 0.1) is 6.92 Å². The maximum Gasteiger partial charge on any atom is 0.422 e. The van der Waals surface area contributed by atoms with Gasteiger partial charge in [-0.1, -0.05) is 0 Å². The first-order chi connectivity index (χ1) is 10.3. The van der Waals surface area contributed by atoms with Crippen LogP contribution in [0.15, 0.2) is 18.2 Å². The van der Waals surface area contributed by atoms with Crippen LogP contribution in [0.25, 0.3) is 0 Å². The average molecular weight is 320 g/mol. The molecule has 0 unspecified atom stereocenters. The Balaban J connectivity index is 2.49. The van der Waals surface area contributed by atoms with Crippen LogP contribution in [0.2, 0.25) is 0 Å². The first kappa shape index (κ1) is 18.2. The topological polar surface area (TPSA) is 59.6 Å². The van der Waals surface area contributed by atoms with Gasteiger partial charge in [-0.05, 0) is 30.7 Å². The standard InChI is InChI=1S/C14H19F3N2O3/c1-10-7-11(19-13(20)8-18-5-6-21-2)3-4-12(10)22-9-14(15,16)17/h3-4,7,18H,5-6,8-9H2,1-2H3,(H,19,20). The van der Waals surface area contributed by atoms with E-state index in [0.717, 1.165) is 0 Å². The van der Waals surface area contributed by atoms with Gasteiger partial charge in [0.05, 0.1) is 13.2 Å². The van der Waals surface area contributed by atoms with E-state index in [9.17, 15) is 18.0 Å². The normalized spacial score (nSPS) is 11.3. The predicted octanol–water partition coefficient (Wildman–Crippen LogP) is 2.11. The maximum atomic E-state index is 12.1. The summed E-state index contributed by atoms with van der Waals surface area (Å²) >= 11 is 0. The molecule has 0 spiro atoms. The molecular weight excluding hydrogens is 301 g/mol. The highest BCUT2D eigenvalue weighted by molar-refractivity contribution is 5.92. The number of hydrogen-bond acceptors (Lipinski definition) is 4. The van der Waals surface area contributed by atoms with E-state index in [2.05, 4.69) is 15.4 Å². The molecule has 0 bridgehead atoms. The molecule has 0 saturated heterocycles. The van der Waals surface area contributed by atoms with Gasteiger partial charge in [0.25, 0.3) is 0 Å². The zero-order valence-electron chi connectivity index (χ0n) is 12.4. The first-order valence-corrected chi connectivity index (χ1v) is 6.61. The number of amides is 1. The summed E-state index contributed by atoms with van der Waals surface area (Å²) in [7, 11) is 1.56. The highest BCUT2D eigenvalue weighted by Gasteiger charge is 2.28. The van der Waals surface area contributed by atoms with Crippen LogP contribution in [0.5, 0.6) is 5.75 Å². The van der Waals surface area contributed by atoms with E-state index in [1.165, 1.54) is 12.1 Å². The lowest BCUT2D eigenvalue weighted by Crippen LogP contribution is -2.30. The van der Waals surface area contributed by atoms with Crippen LogP contribution in [0.3, 0.4) is 0 Å². The van der Waals surface area contributed by atoms with Crippen LogP contribution < -0.4 is 15.4 Å². The van der Waals surface area contributed by atoms with E-state index >= 15 is 0 Å². The van der Waals surface area contributed by atoms with Crippen molar-refractivity contribution in [1.29, 1.82) is 0 Å². The molecule has 5 nitrogen and oxygen atoms in total. The Kier molecular flexibility index (Phi) is 7.13. The van der Waals surface area contributed by atoms with E-state index < -0.39 is 12.8 Å². The van der Waals surface area contributed by atoms with Gasteiger partial charge in [-0.3, -0.25) is 4.79 Å². The van der Waals surface area contributed by atoms with Crippen molar-refractivity contribution in [2.24, 2.45) is 0 Å². The summed E-state index contributed by atoms with van der Waals surface area (Å²) in [4.78, 5) is 11.6. The van der Waals surface area contributed by atoms with Crippen molar-refractivity contribution in [3.05, 3.63) is 23.8 Å². The molecule has 0 aromatic heterocycles. The fraction of sp³-hybridized carbons (Fsp3) is 0.500. The Labute approximate surface area is 126 Å². The van der Waals surface area contributed by atoms with Crippen LogP contribution in [-0.2, 0) is 9.53 Å². The lowest BCUT2D eigenvalue weighted by atomic mass is 10.2. The van der Waals surface area contributed by atoms with Crippen molar-refractivity contribution in [2.45, 2.75) is 13.1 Å². The van der Waals surface area contributed by atoms with Gasteiger partial charge in [0.2, 0.25) is 5.91 Å². The van der Waals surface area contributed by atoms with Crippen LogP contribution in [0.1, 0.15) is 5.56 Å². The predicted molar refractivity (Wildman–Crippen MR) is 76.1 cm³/mol. The molecule has 0 aliphatic rings. The number of alkyl halides is 3. The fourth-order valence-corrected chi connectivity index (χ4v) is 1.63. The third-order valence-electron chi connectivity index (χ3n) is 2.62. The van der Waals surface area contributed by atoms with Crippen LogP contribution in [0.4, 0.5) is 18.9 Å². The molecule has 0 aliphatic heterocycles. The highest BCUT2D eigenvalue weighted by atomic mass is 19.4. The Hall–Kier alpha value is -1.80. The maximum absolute atomic E-state index is 12.1. The monoisotopic (exact) mass is 320 g/mol. The number of benzene rings is 1. The smallest absolute Gasteiger partial charge is 0.422 e. The van der Waals surface area contributed by atoms with E-state index in [-0.39, 0.29) is 18.2 Å². The first-order valence-electron chi connectivity index (χ1n) is 6.61. The van der Waals surface area contributed by atoms with Gasteiger partial charge in [-0.2, -0.15) is 13.2 Å². The lowest BCUT2D eigenvalue weighted by Gasteiger charge is -2.13. The number of halogens is 3. The molecule has 8 heteroatoms. The molecule has 1 rings (SSSR count). The Morgan fingerprint density at radius 3 is 2.64 bits per heavy atom. The van der Waals surface area contributed by atoms with E-state index in [1.54, 1.807) is 20.1 Å². The Bertz CT molecular complexity index is 493. The van der Waals surface area contributed by atoms with Crippen molar-refractivity contribution in [3.8, 4) is 5.75 Å². The zero-order chi connectivity index (χ0) is 16.6. The van der Waals surface area contributed by atoms with Crippen molar-refractivity contribution in [3.63, 3.8) is 0 Å². The van der Waals surface area contributed by atoms with Gasteiger partial charge >= 0.3 is 6.18 Å². The molecule has 1 amide bonds. The quantitative estimate of drug-likeness (QED) is 0.720. The van der Waals surface area contributed by atoms with Gasteiger partial charge in [0.15, 0.2) is 6.61 Å². The number of anilines is 1. The number of aryl methyl sites for hydroxylation is 1. The second kappa shape index (κ2) is 8.60. The number of ether oxygens (including phenoxy) is 2. The van der Waals surface area contributed by atoms with E-state index in [0.29, 0.717) is 24.4 Å². The molecule has 1 aromatic carbocycles. The third-order valence-corrected chi connectivity index (χ3v) is 2.62. The summed E-state index contributed by atoms with van der Waals surface area (Å²) in [5, 5.41) is 5.52. The van der Waals surface area contributed by atoms with Crippen molar-refractivity contribution >= 4 is 11.6 Å². The van der Waals surface area contributed by atoms with Crippen molar-refractivity contribution < 1.29 is 27.4 Å². The third kappa shape index (κ3) is 7.28. The largest absolute Gasteiger partial charge is 0.484 e. The van der Waals surface area contributed by atoms with Gasteiger partial charge in [-0.15, -0.1) is 0 Å². The average Bonchev–Trinajstić information content (AvgIpc) is 2.42. The molecule has 0 heterocycles. The minimum atomic E-state index is -4.38. The van der Waals surface area contributed by atoms with Gasteiger partial charge in [0, 0.05) is 19.3 Å². The highest BCUT2D eigenvalue weighted by Crippen LogP contribution is 2.24. The number of rotatable bonds is 8. The second-order valence-electron chi connectivity index (χ2n) is 4.60. The van der Waals surface area contributed by atoms with Crippen LogP contribution >= 0.6 is 0 Å². The van der Waals surface area contributed by atoms with Crippen molar-refractivity contribution in [2.75, 3.05) is 38.7 Å². The summed E-state index contributed by atoms with van der Waals surface area (Å²) in [5.74, 6) is -0.118. The molecule has 0 aliphatic carbocycles. The molecular formula is C14H19F3N2O3. The van der Waals surface area contributed by atoms with Crippen LogP contribution in [-0.4, -0.2) is 45.5 Å². The molecule has 124 valence electrons. The molecule has 0 fully saturated rings. The SMILES string of the molecule is COCCNCC(=O)Nc1ccc(OCC(F)(F)F)c(C)c1. The molecule has 0 saturated carbocycles. The summed E-state index contributed by atoms with van der Waals surface area (Å²) in [6.45, 7) is 1.43. The number of nitrogens with one attached hydrogen (secondary N) is 2. The molecule has 0 radical (unpaired) electrons. The lowest BCUT2D eigenvalue weighted by molar-refractivity contribution is -0.153. The van der Waals surface area contributed by atoms with E-state index in [4.69, 9.17) is 4.74 Å². The summed E-state index contributed by atoms with van der Waals surface area (Å²) in [6, 6.07) is 4.44. The Morgan fingerprint density at radius 2 is 2.05 bits per heavy atom. The summed E-state index contributed by atoms with van der Waals surface area (Å²) in [6.07, 6.45) is -4.38. The number of hydrogen-bond donors (Lipinski definition) is 2. The van der Waals surface area contributed by atoms with Gasteiger partial charge in [-0.25, -0.2) is 0 Å². The second-order valence-corrected chi connectivity index (χ2v) is 4.60. The minimum absolute atomic E-state index is 0.120. The Morgan fingerprint density at radius 1 is 1.32 bits per heavy atom. The number of carbonyl (C=O) groups is 1. The van der Waals surface area contributed by atoms with E-state index in [1.807, 2.05) is 0 Å². The fourth-order valence-electron chi connectivity index (χ4n) is 1.63. The molecule has 1 aromatic rings. The zero-order valence-corrected chi connectivity index (χ0v) is 12.4.